The van der Waals surface area contributed by atoms with E-state index >= 15 is 0 Å². The van der Waals surface area contributed by atoms with Gasteiger partial charge >= 0.3 is 0 Å². The van der Waals surface area contributed by atoms with Crippen LogP contribution in [0.5, 0.6) is 17.2 Å². The summed E-state index contributed by atoms with van der Waals surface area (Å²) >= 11 is 0. The summed E-state index contributed by atoms with van der Waals surface area (Å²) in [6.45, 7) is 0.928. The largest absolute Gasteiger partial charge is 0.493 e. The Kier molecular flexibility index (Phi) is 5.26. The Balaban J connectivity index is 1.91. The quantitative estimate of drug-likeness (QED) is 0.794. The highest BCUT2D eigenvalue weighted by Crippen LogP contribution is 2.36. The molecule has 0 spiro atoms. The van der Waals surface area contributed by atoms with Crippen molar-refractivity contribution in [3.63, 3.8) is 0 Å². The van der Waals surface area contributed by atoms with Crippen LogP contribution in [0.2, 0.25) is 0 Å². The molecule has 1 N–H and O–H groups in total. The van der Waals surface area contributed by atoms with E-state index in [1.807, 2.05) is 6.07 Å². The number of benzene rings is 2. The Bertz CT molecular complexity index is 567. The van der Waals surface area contributed by atoms with Crippen molar-refractivity contribution < 1.29 is 18.6 Å². The number of ether oxygens (including phenoxy) is 3. The monoisotopic (exact) mass is 291 g/mol. The van der Waals surface area contributed by atoms with Crippen molar-refractivity contribution in [1.29, 1.82) is 0 Å². The molecule has 2 rings (SSSR count). The van der Waals surface area contributed by atoms with Gasteiger partial charge in [-0.15, -0.1) is 0 Å². The van der Waals surface area contributed by atoms with Gasteiger partial charge in [0.15, 0.2) is 11.5 Å². The van der Waals surface area contributed by atoms with Crippen molar-refractivity contribution in [2.45, 2.75) is 0 Å². The molecule has 5 heteroatoms. The standard InChI is InChI=1S/C16H18FNO3/c1-19-14-7-4-8-15(20-2)16(14)21-10-9-18-13-6-3-5-12(17)11-13/h3-8,11,18H,9-10H2,1-2H3. The first kappa shape index (κ1) is 15.0. The van der Waals surface area contributed by atoms with Gasteiger partial charge in [-0.1, -0.05) is 12.1 Å². The van der Waals surface area contributed by atoms with E-state index in [0.717, 1.165) is 0 Å². The van der Waals surface area contributed by atoms with E-state index in [1.165, 1.54) is 12.1 Å². The van der Waals surface area contributed by atoms with Gasteiger partial charge in [0.05, 0.1) is 14.2 Å². The molecule has 0 saturated carbocycles. The third kappa shape index (κ3) is 4.02. The first-order valence-electron chi connectivity index (χ1n) is 6.58. The normalized spacial score (nSPS) is 10.0. The van der Waals surface area contributed by atoms with Crippen LogP contribution >= 0.6 is 0 Å². The minimum absolute atomic E-state index is 0.271. The summed E-state index contributed by atoms with van der Waals surface area (Å²) in [7, 11) is 3.15. The number of anilines is 1. The molecule has 112 valence electrons. The van der Waals surface area contributed by atoms with E-state index in [0.29, 0.717) is 36.1 Å². The molecule has 0 bridgehead atoms. The number of nitrogens with one attached hydrogen (secondary N) is 1. The highest BCUT2D eigenvalue weighted by molar-refractivity contribution is 5.51. The molecule has 0 aliphatic rings. The van der Waals surface area contributed by atoms with Crippen LogP contribution < -0.4 is 19.5 Å². The number of para-hydroxylation sites is 1. The first-order chi connectivity index (χ1) is 10.2. The van der Waals surface area contributed by atoms with Gasteiger partial charge in [0, 0.05) is 12.2 Å². The second kappa shape index (κ2) is 7.38. The van der Waals surface area contributed by atoms with Crippen molar-refractivity contribution in [3.05, 3.63) is 48.3 Å². The van der Waals surface area contributed by atoms with E-state index in [4.69, 9.17) is 14.2 Å². The predicted octanol–water partition coefficient (Wildman–Crippen LogP) is 3.33. The van der Waals surface area contributed by atoms with Gasteiger partial charge in [-0.3, -0.25) is 0 Å². The third-order valence-electron chi connectivity index (χ3n) is 2.88. The fourth-order valence-electron chi connectivity index (χ4n) is 1.91. The van der Waals surface area contributed by atoms with Gasteiger partial charge < -0.3 is 19.5 Å². The Morgan fingerprint density at radius 2 is 1.67 bits per heavy atom. The minimum Gasteiger partial charge on any atom is -0.493 e. The van der Waals surface area contributed by atoms with Gasteiger partial charge in [0.2, 0.25) is 5.75 Å². The van der Waals surface area contributed by atoms with E-state index in [-0.39, 0.29) is 5.82 Å². The zero-order valence-corrected chi connectivity index (χ0v) is 12.1. The lowest BCUT2D eigenvalue weighted by molar-refractivity contribution is 0.284. The van der Waals surface area contributed by atoms with Crippen LogP contribution in [0.3, 0.4) is 0 Å². The average molecular weight is 291 g/mol. The van der Waals surface area contributed by atoms with Crippen molar-refractivity contribution in [1.82, 2.24) is 0 Å². The average Bonchev–Trinajstić information content (AvgIpc) is 2.51. The maximum atomic E-state index is 13.0. The summed E-state index contributed by atoms with van der Waals surface area (Å²) in [5.74, 6) is 1.51. The second-order valence-corrected chi connectivity index (χ2v) is 4.28. The van der Waals surface area contributed by atoms with Crippen LogP contribution in [-0.4, -0.2) is 27.4 Å². The lowest BCUT2D eigenvalue weighted by atomic mass is 10.3. The third-order valence-corrected chi connectivity index (χ3v) is 2.88. The lowest BCUT2D eigenvalue weighted by Crippen LogP contribution is -2.12. The zero-order valence-electron chi connectivity index (χ0n) is 12.1. The van der Waals surface area contributed by atoms with Crippen LogP contribution in [0.25, 0.3) is 0 Å². The number of rotatable bonds is 7. The topological polar surface area (TPSA) is 39.7 Å². The molecule has 0 aromatic heterocycles. The summed E-state index contributed by atoms with van der Waals surface area (Å²) in [5.41, 5.74) is 0.714. The molecule has 21 heavy (non-hydrogen) atoms. The van der Waals surface area contributed by atoms with E-state index in [2.05, 4.69) is 5.32 Å². The number of hydrogen-bond donors (Lipinski definition) is 1. The minimum atomic E-state index is -0.271. The van der Waals surface area contributed by atoms with Gasteiger partial charge in [-0.05, 0) is 30.3 Å². The lowest BCUT2D eigenvalue weighted by Gasteiger charge is -2.14. The Hall–Kier alpha value is -2.43. The second-order valence-electron chi connectivity index (χ2n) is 4.28. The summed E-state index contributed by atoms with van der Waals surface area (Å²) < 4.78 is 29.2. The molecule has 0 saturated heterocycles. The molecule has 2 aromatic carbocycles. The fourth-order valence-corrected chi connectivity index (χ4v) is 1.91. The molecule has 0 fully saturated rings. The van der Waals surface area contributed by atoms with Crippen molar-refractivity contribution in [2.24, 2.45) is 0 Å². The molecule has 0 unspecified atom stereocenters. The summed E-state index contributed by atoms with van der Waals surface area (Å²) in [6, 6.07) is 11.7. The maximum Gasteiger partial charge on any atom is 0.203 e. The van der Waals surface area contributed by atoms with Crippen molar-refractivity contribution in [2.75, 3.05) is 32.7 Å². The highest BCUT2D eigenvalue weighted by Gasteiger charge is 2.10. The number of hydrogen-bond acceptors (Lipinski definition) is 4. The predicted molar refractivity (Wildman–Crippen MR) is 79.9 cm³/mol. The van der Waals surface area contributed by atoms with E-state index < -0.39 is 0 Å². The summed E-state index contributed by atoms with van der Waals surface area (Å²) in [4.78, 5) is 0. The van der Waals surface area contributed by atoms with Crippen LogP contribution in [0.4, 0.5) is 10.1 Å². The number of halogens is 1. The Morgan fingerprint density at radius 3 is 2.29 bits per heavy atom. The molecule has 0 aliphatic carbocycles. The van der Waals surface area contributed by atoms with Crippen LogP contribution in [-0.2, 0) is 0 Å². The van der Waals surface area contributed by atoms with Crippen LogP contribution in [0.15, 0.2) is 42.5 Å². The fraction of sp³-hybridized carbons (Fsp3) is 0.250. The first-order valence-corrected chi connectivity index (χ1v) is 6.58. The van der Waals surface area contributed by atoms with Crippen LogP contribution in [0, 0.1) is 5.82 Å². The molecule has 0 aliphatic heterocycles. The van der Waals surface area contributed by atoms with Crippen molar-refractivity contribution in [3.8, 4) is 17.2 Å². The summed E-state index contributed by atoms with van der Waals surface area (Å²) in [6.07, 6.45) is 0. The Labute approximate surface area is 123 Å². The van der Waals surface area contributed by atoms with E-state index in [1.54, 1.807) is 38.5 Å². The molecular weight excluding hydrogens is 273 g/mol. The maximum absolute atomic E-state index is 13.0. The number of methoxy groups -OCH3 is 2. The van der Waals surface area contributed by atoms with Gasteiger partial charge in [0.1, 0.15) is 12.4 Å². The molecule has 0 heterocycles. The van der Waals surface area contributed by atoms with E-state index in [9.17, 15) is 4.39 Å². The Morgan fingerprint density at radius 1 is 1.00 bits per heavy atom. The van der Waals surface area contributed by atoms with Gasteiger partial charge in [0.25, 0.3) is 0 Å². The molecule has 0 amide bonds. The summed E-state index contributed by atoms with van der Waals surface area (Å²) in [5, 5.41) is 3.08. The molecule has 4 nitrogen and oxygen atoms in total. The smallest absolute Gasteiger partial charge is 0.203 e. The van der Waals surface area contributed by atoms with Gasteiger partial charge in [-0.25, -0.2) is 4.39 Å². The zero-order chi connectivity index (χ0) is 15.1. The molecular formula is C16H18FNO3. The molecule has 0 atom stereocenters. The SMILES string of the molecule is COc1cccc(OC)c1OCCNc1cccc(F)c1. The highest BCUT2D eigenvalue weighted by atomic mass is 19.1. The molecule has 0 radical (unpaired) electrons. The van der Waals surface area contributed by atoms with Crippen LogP contribution in [0.1, 0.15) is 0 Å². The van der Waals surface area contributed by atoms with Gasteiger partial charge in [-0.2, -0.15) is 0 Å². The molecule has 2 aromatic rings. The van der Waals surface area contributed by atoms with Crippen molar-refractivity contribution >= 4 is 5.69 Å².